The third kappa shape index (κ3) is 6.39. The summed E-state index contributed by atoms with van der Waals surface area (Å²) in [6.45, 7) is 3.46. The van der Waals surface area contributed by atoms with Gasteiger partial charge >= 0.3 is 5.97 Å². The number of carbonyl (C=O) groups is 2. The van der Waals surface area contributed by atoms with E-state index in [1.54, 1.807) is 32.0 Å². The Labute approximate surface area is 172 Å². The van der Waals surface area contributed by atoms with E-state index >= 15 is 0 Å². The summed E-state index contributed by atoms with van der Waals surface area (Å²) in [5.74, 6) is -1.67. The molecule has 0 radical (unpaired) electrons. The lowest BCUT2D eigenvalue weighted by Gasteiger charge is -2.13. The van der Waals surface area contributed by atoms with Gasteiger partial charge in [-0.2, -0.15) is 0 Å². The number of carboxylic acid groups (broad SMARTS) is 1. The molecule has 0 heterocycles. The molecular formula is C20H20Cl2FNO4. The predicted molar refractivity (Wildman–Crippen MR) is 107 cm³/mol. The molecule has 0 aliphatic rings. The first-order valence-corrected chi connectivity index (χ1v) is 9.34. The van der Waals surface area contributed by atoms with Gasteiger partial charge in [-0.15, -0.1) is 0 Å². The maximum Gasteiger partial charge on any atom is 0.303 e. The van der Waals surface area contributed by atoms with Crippen LogP contribution in [0.3, 0.4) is 0 Å². The van der Waals surface area contributed by atoms with E-state index in [4.69, 9.17) is 33.0 Å². The van der Waals surface area contributed by atoms with Gasteiger partial charge in [-0.25, -0.2) is 4.39 Å². The van der Waals surface area contributed by atoms with E-state index in [1.807, 2.05) is 0 Å². The summed E-state index contributed by atoms with van der Waals surface area (Å²) in [5, 5.41) is 11.9. The summed E-state index contributed by atoms with van der Waals surface area (Å²) in [4.78, 5) is 22.5. The van der Waals surface area contributed by atoms with Crippen LogP contribution in [0.4, 0.5) is 10.1 Å². The number of hydrogen-bond donors (Lipinski definition) is 2. The molecule has 0 atom stereocenters. The van der Waals surface area contributed by atoms with Gasteiger partial charge in [-0.3, -0.25) is 9.59 Å². The van der Waals surface area contributed by atoms with Crippen LogP contribution in [0.2, 0.25) is 10.0 Å². The lowest BCUT2D eigenvalue weighted by molar-refractivity contribution is -0.137. The minimum absolute atomic E-state index is 0.0176. The summed E-state index contributed by atoms with van der Waals surface area (Å²) >= 11 is 12.4. The molecule has 2 aromatic rings. The van der Waals surface area contributed by atoms with Crippen molar-refractivity contribution < 1.29 is 23.8 Å². The van der Waals surface area contributed by atoms with Gasteiger partial charge in [0.1, 0.15) is 12.4 Å². The average Bonchev–Trinajstić information content (AvgIpc) is 2.58. The van der Waals surface area contributed by atoms with Crippen LogP contribution in [-0.4, -0.2) is 17.0 Å². The summed E-state index contributed by atoms with van der Waals surface area (Å²) < 4.78 is 19.5. The van der Waals surface area contributed by atoms with E-state index in [9.17, 15) is 14.0 Å². The van der Waals surface area contributed by atoms with E-state index in [0.29, 0.717) is 16.8 Å². The molecular weight excluding hydrogens is 408 g/mol. The van der Waals surface area contributed by atoms with Crippen LogP contribution in [-0.2, 0) is 22.6 Å². The smallest absolute Gasteiger partial charge is 0.303 e. The first-order chi connectivity index (χ1) is 13.2. The van der Waals surface area contributed by atoms with Crippen molar-refractivity contribution in [1.82, 2.24) is 0 Å². The number of nitrogens with one attached hydrogen (secondary N) is 1. The van der Waals surface area contributed by atoms with E-state index in [2.05, 4.69) is 5.32 Å². The Hall–Kier alpha value is -2.31. The summed E-state index contributed by atoms with van der Waals surface area (Å²) in [6.07, 6.45) is 0.249. The Morgan fingerprint density at radius 1 is 1.11 bits per heavy atom. The molecule has 5 nitrogen and oxygen atoms in total. The number of benzene rings is 2. The molecule has 0 fully saturated rings. The zero-order chi connectivity index (χ0) is 20.8. The molecule has 0 aliphatic carbocycles. The van der Waals surface area contributed by atoms with Crippen molar-refractivity contribution >= 4 is 40.8 Å². The quantitative estimate of drug-likeness (QED) is 0.597. The second-order valence-corrected chi connectivity index (χ2v) is 7.38. The Bertz CT molecular complexity index is 863. The maximum absolute atomic E-state index is 13.9. The minimum Gasteiger partial charge on any atom is -0.486 e. The fraction of sp³-hybridized carbons (Fsp3) is 0.300. The molecule has 2 rings (SSSR count). The van der Waals surface area contributed by atoms with Crippen LogP contribution < -0.4 is 10.1 Å². The monoisotopic (exact) mass is 427 g/mol. The zero-order valence-electron chi connectivity index (χ0n) is 15.4. The first kappa shape index (κ1) is 22.0. The van der Waals surface area contributed by atoms with Crippen molar-refractivity contribution in [3.8, 4) is 5.75 Å². The molecule has 2 N–H and O–H groups in total. The van der Waals surface area contributed by atoms with Crippen LogP contribution >= 0.6 is 23.2 Å². The van der Waals surface area contributed by atoms with Crippen LogP contribution in [0.5, 0.6) is 5.75 Å². The number of anilines is 1. The fourth-order valence-electron chi connectivity index (χ4n) is 2.39. The maximum atomic E-state index is 13.9. The van der Waals surface area contributed by atoms with Crippen LogP contribution in [0, 0.1) is 11.7 Å². The molecule has 28 heavy (non-hydrogen) atoms. The molecule has 1 amide bonds. The van der Waals surface area contributed by atoms with Gasteiger partial charge in [0.2, 0.25) is 5.91 Å². The number of halogens is 3. The largest absolute Gasteiger partial charge is 0.486 e. The highest BCUT2D eigenvalue weighted by atomic mass is 35.5. The Kier molecular flexibility index (Phi) is 7.66. The molecule has 0 saturated heterocycles. The molecule has 0 aliphatic heterocycles. The van der Waals surface area contributed by atoms with E-state index in [1.165, 1.54) is 12.1 Å². The average molecular weight is 428 g/mol. The number of aryl methyl sites for hydroxylation is 1. The van der Waals surface area contributed by atoms with Crippen molar-refractivity contribution in [2.45, 2.75) is 33.3 Å². The summed E-state index contributed by atoms with van der Waals surface area (Å²) in [6, 6.07) is 7.29. The van der Waals surface area contributed by atoms with Gasteiger partial charge in [0.25, 0.3) is 0 Å². The lowest BCUT2D eigenvalue weighted by Crippen LogP contribution is -2.18. The highest BCUT2D eigenvalue weighted by Gasteiger charge is 2.13. The van der Waals surface area contributed by atoms with Gasteiger partial charge in [-0.1, -0.05) is 37.0 Å². The molecule has 0 bridgehead atoms. The van der Waals surface area contributed by atoms with Crippen molar-refractivity contribution in [1.29, 1.82) is 0 Å². The number of amides is 1. The minimum atomic E-state index is -0.918. The highest BCUT2D eigenvalue weighted by molar-refractivity contribution is 6.37. The standard InChI is InChI=1S/C20H20Cl2FNO4/c1-11(2)20(27)24-15-6-13(5-14(23)9-15)10-28-19-16(21)7-12(8-17(19)22)3-4-18(25)26/h5-9,11H,3-4,10H2,1-2H3,(H,24,27)(H,25,26). The van der Waals surface area contributed by atoms with Crippen molar-refractivity contribution in [2.24, 2.45) is 5.92 Å². The Morgan fingerprint density at radius 2 is 1.75 bits per heavy atom. The number of carbonyl (C=O) groups excluding carboxylic acids is 1. The normalized spacial score (nSPS) is 10.8. The molecule has 2 aromatic carbocycles. The van der Waals surface area contributed by atoms with Crippen LogP contribution in [0.1, 0.15) is 31.4 Å². The van der Waals surface area contributed by atoms with Gasteiger partial charge < -0.3 is 15.2 Å². The third-order valence-corrected chi connectivity index (χ3v) is 4.38. The number of ether oxygens (including phenoxy) is 1. The molecule has 0 aromatic heterocycles. The highest BCUT2D eigenvalue weighted by Crippen LogP contribution is 2.35. The number of rotatable bonds is 8. The predicted octanol–water partition coefficient (Wildman–Crippen LogP) is 5.32. The SMILES string of the molecule is CC(C)C(=O)Nc1cc(F)cc(COc2c(Cl)cc(CCC(=O)O)cc2Cl)c1. The van der Waals surface area contributed by atoms with Crippen molar-refractivity contribution in [3.05, 3.63) is 57.3 Å². The van der Waals surface area contributed by atoms with Gasteiger partial charge in [0, 0.05) is 18.0 Å². The van der Waals surface area contributed by atoms with Crippen molar-refractivity contribution in [2.75, 3.05) is 5.32 Å². The summed E-state index contributed by atoms with van der Waals surface area (Å²) in [5.41, 5.74) is 1.49. The molecule has 8 heteroatoms. The topological polar surface area (TPSA) is 75.6 Å². The number of aliphatic carboxylic acids is 1. The van der Waals surface area contributed by atoms with Crippen LogP contribution in [0.15, 0.2) is 30.3 Å². The number of carboxylic acids is 1. The van der Waals surface area contributed by atoms with E-state index in [-0.39, 0.29) is 47.1 Å². The third-order valence-electron chi connectivity index (χ3n) is 3.82. The zero-order valence-corrected chi connectivity index (χ0v) is 16.9. The molecule has 0 unspecified atom stereocenters. The van der Waals surface area contributed by atoms with Gasteiger partial charge in [0.05, 0.1) is 10.0 Å². The van der Waals surface area contributed by atoms with Gasteiger partial charge in [-0.05, 0) is 47.9 Å². The van der Waals surface area contributed by atoms with Crippen molar-refractivity contribution in [3.63, 3.8) is 0 Å². The molecule has 0 spiro atoms. The Balaban J connectivity index is 2.12. The van der Waals surface area contributed by atoms with E-state index in [0.717, 1.165) is 0 Å². The second-order valence-electron chi connectivity index (χ2n) is 6.56. The van der Waals surface area contributed by atoms with Crippen LogP contribution in [0.25, 0.3) is 0 Å². The Morgan fingerprint density at radius 3 is 2.32 bits per heavy atom. The molecule has 0 saturated carbocycles. The lowest BCUT2D eigenvalue weighted by atomic mass is 10.1. The van der Waals surface area contributed by atoms with E-state index < -0.39 is 11.8 Å². The molecule has 150 valence electrons. The number of hydrogen-bond acceptors (Lipinski definition) is 3. The second kappa shape index (κ2) is 9.75. The first-order valence-electron chi connectivity index (χ1n) is 8.58. The fourth-order valence-corrected chi connectivity index (χ4v) is 3.04. The van der Waals surface area contributed by atoms with Gasteiger partial charge in [0.15, 0.2) is 5.75 Å². The summed E-state index contributed by atoms with van der Waals surface area (Å²) in [7, 11) is 0.